The molecule has 2 heteroatoms. The van der Waals surface area contributed by atoms with Gasteiger partial charge in [0.2, 0.25) is 0 Å². The maximum Gasteiger partial charge on any atom is 0.0641 e. The standard InChI is InChI=1S/C13H22N2/c1-11-4-9-15(12(2)10-11)13(7-8-14)5-3-6-13/h11-12H,3-7,9-10H2,1-2H3. The third kappa shape index (κ3) is 1.90. The number of hydrogen-bond donors (Lipinski definition) is 0. The molecular formula is C13H22N2. The topological polar surface area (TPSA) is 27.0 Å². The summed E-state index contributed by atoms with van der Waals surface area (Å²) in [6.07, 6.45) is 7.19. The van der Waals surface area contributed by atoms with Gasteiger partial charge >= 0.3 is 0 Å². The lowest BCUT2D eigenvalue weighted by atomic mass is 9.71. The molecule has 84 valence electrons. The smallest absolute Gasteiger partial charge is 0.0641 e. The molecular weight excluding hydrogens is 184 g/mol. The molecule has 2 aliphatic rings. The van der Waals surface area contributed by atoms with Crippen molar-refractivity contribution in [3.63, 3.8) is 0 Å². The van der Waals surface area contributed by atoms with Gasteiger partial charge in [0.25, 0.3) is 0 Å². The fourth-order valence-electron chi connectivity index (χ4n) is 3.41. The summed E-state index contributed by atoms with van der Waals surface area (Å²) in [4.78, 5) is 2.64. The van der Waals surface area contributed by atoms with Gasteiger partial charge in [0, 0.05) is 11.6 Å². The van der Waals surface area contributed by atoms with Crippen molar-refractivity contribution in [2.24, 2.45) is 5.92 Å². The Morgan fingerprint density at radius 1 is 1.40 bits per heavy atom. The van der Waals surface area contributed by atoms with Gasteiger partial charge in [0.05, 0.1) is 12.5 Å². The van der Waals surface area contributed by atoms with Crippen LogP contribution in [0.2, 0.25) is 0 Å². The quantitative estimate of drug-likeness (QED) is 0.694. The van der Waals surface area contributed by atoms with Gasteiger partial charge in [0.1, 0.15) is 0 Å². The molecule has 0 aromatic rings. The van der Waals surface area contributed by atoms with Gasteiger partial charge in [0.15, 0.2) is 0 Å². The van der Waals surface area contributed by atoms with E-state index in [2.05, 4.69) is 24.8 Å². The zero-order chi connectivity index (χ0) is 10.9. The fourth-order valence-corrected chi connectivity index (χ4v) is 3.41. The molecule has 2 rings (SSSR count). The summed E-state index contributed by atoms with van der Waals surface area (Å²) in [6, 6.07) is 3.08. The van der Waals surface area contributed by atoms with E-state index in [1.165, 1.54) is 38.6 Å². The molecule has 1 saturated carbocycles. The number of hydrogen-bond acceptors (Lipinski definition) is 2. The van der Waals surface area contributed by atoms with Gasteiger partial charge in [-0.15, -0.1) is 0 Å². The van der Waals surface area contributed by atoms with Crippen molar-refractivity contribution in [2.45, 2.75) is 64.0 Å². The summed E-state index contributed by atoms with van der Waals surface area (Å²) in [6.45, 7) is 5.91. The van der Waals surface area contributed by atoms with Crippen LogP contribution in [0.1, 0.15) is 52.4 Å². The lowest BCUT2D eigenvalue weighted by molar-refractivity contribution is -0.0366. The highest BCUT2D eigenvalue weighted by Crippen LogP contribution is 2.43. The van der Waals surface area contributed by atoms with Crippen LogP contribution in [0.15, 0.2) is 0 Å². The molecule has 15 heavy (non-hydrogen) atoms. The molecule has 0 amide bonds. The lowest BCUT2D eigenvalue weighted by Crippen LogP contribution is -2.59. The molecule has 0 aromatic carbocycles. The zero-order valence-corrected chi connectivity index (χ0v) is 10.00. The number of nitriles is 1. The first kappa shape index (κ1) is 11.0. The molecule has 2 fully saturated rings. The van der Waals surface area contributed by atoms with E-state index in [4.69, 9.17) is 5.26 Å². The second-order valence-electron chi connectivity index (χ2n) is 5.58. The molecule has 0 spiro atoms. The molecule has 1 aliphatic carbocycles. The van der Waals surface area contributed by atoms with Crippen molar-refractivity contribution in [2.75, 3.05) is 6.54 Å². The van der Waals surface area contributed by atoms with Crippen molar-refractivity contribution in [3.8, 4) is 6.07 Å². The highest BCUT2D eigenvalue weighted by atomic mass is 15.2. The molecule has 2 nitrogen and oxygen atoms in total. The zero-order valence-electron chi connectivity index (χ0n) is 10.00. The first-order valence-electron chi connectivity index (χ1n) is 6.32. The van der Waals surface area contributed by atoms with E-state index in [0.29, 0.717) is 6.04 Å². The van der Waals surface area contributed by atoms with E-state index in [1.54, 1.807) is 0 Å². The third-order valence-corrected chi connectivity index (χ3v) is 4.44. The van der Waals surface area contributed by atoms with Crippen molar-refractivity contribution in [1.82, 2.24) is 4.90 Å². The van der Waals surface area contributed by atoms with Crippen LogP contribution in [0.4, 0.5) is 0 Å². The van der Waals surface area contributed by atoms with Crippen molar-refractivity contribution < 1.29 is 0 Å². The molecule has 2 unspecified atom stereocenters. The number of likely N-dealkylation sites (tertiary alicyclic amines) is 1. The summed E-state index contributed by atoms with van der Waals surface area (Å²) >= 11 is 0. The minimum absolute atomic E-state index is 0.272. The monoisotopic (exact) mass is 206 g/mol. The van der Waals surface area contributed by atoms with Gasteiger partial charge < -0.3 is 0 Å². The maximum absolute atomic E-state index is 8.96. The van der Waals surface area contributed by atoms with E-state index in [1.807, 2.05) is 0 Å². The lowest BCUT2D eigenvalue weighted by Gasteiger charge is -2.54. The normalized spacial score (nSPS) is 35.5. The molecule has 1 saturated heterocycles. The van der Waals surface area contributed by atoms with Crippen LogP contribution in [0.25, 0.3) is 0 Å². The Labute approximate surface area is 93.3 Å². The summed E-state index contributed by atoms with van der Waals surface area (Å²) in [5, 5.41) is 8.96. The molecule has 0 aromatic heterocycles. The van der Waals surface area contributed by atoms with E-state index in [-0.39, 0.29) is 5.54 Å². The number of piperidine rings is 1. The predicted molar refractivity (Wildman–Crippen MR) is 61.4 cm³/mol. The van der Waals surface area contributed by atoms with E-state index in [9.17, 15) is 0 Å². The molecule has 0 radical (unpaired) electrons. The minimum atomic E-state index is 0.272. The molecule has 2 atom stereocenters. The van der Waals surface area contributed by atoms with Crippen LogP contribution in [-0.2, 0) is 0 Å². The number of rotatable bonds is 2. The second kappa shape index (κ2) is 4.14. The van der Waals surface area contributed by atoms with Gasteiger partial charge in [-0.05, 0) is 51.5 Å². The van der Waals surface area contributed by atoms with Crippen LogP contribution >= 0.6 is 0 Å². The minimum Gasteiger partial charge on any atom is -0.294 e. The maximum atomic E-state index is 8.96. The average Bonchev–Trinajstić information content (AvgIpc) is 2.12. The van der Waals surface area contributed by atoms with Gasteiger partial charge in [-0.1, -0.05) is 6.92 Å². The molecule has 1 heterocycles. The van der Waals surface area contributed by atoms with Crippen LogP contribution < -0.4 is 0 Å². The Bertz CT molecular complexity index is 262. The Morgan fingerprint density at radius 2 is 2.13 bits per heavy atom. The summed E-state index contributed by atoms with van der Waals surface area (Å²) in [5.74, 6) is 0.871. The van der Waals surface area contributed by atoms with E-state index < -0.39 is 0 Å². The van der Waals surface area contributed by atoms with Crippen molar-refractivity contribution in [3.05, 3.63) is 0 Å². The van der Waals surface area contributed by atoms with E-state index in [0.717, 1.165) is 12.3 Å². The third-order valence-electron chi connectivity index (χ3n) is 4.44. The van der Waals surface area contributed by atoms with Gasteiger partial charge in [-0.3, -0.25) is 4.90 Å². The number of nitrogens with zero attached hydrogens (tertiary/aromatic N) is 2. The van der Waals surface area contributed by atoms with Crippen LogP contribution in [0.3, 0.4) is 0 Å². The summed E-state index contributed by atoms with van der Waals surface area (Å²) in [5.41, 5.74) is 0.272. The van der Waals surface area contributed by atoms with Crippen LogP contribution in [0.5, 0.6) is 0 Å². The molecule has 0 bridgehead atoms. The van der Waals surface area contributed by atoms with E-state index >= 15 is 0 Å². The van der Waals surface area contributed by atoms with Crippen molar-refractivity contribution >= 4 is 0 Å². The predicted octanol–water partition coefficient (Wildman–Crippen LogP) is 2.94. The summed E-state index contributed by atoms with van der Waals surface area (Å²) < 4.78 is 0. The first-order valence-corrected chi connectivity index (χ1v) is 6.32. The Kier molecular flexibility index (Phi) is 3.02. The first-order chi connectivity index (χ1) is 7.18. The SMILES string of the molecule is CC1CCN(C2(CC#N)CCC2)C(C)C1. The average molecular weight is 206 g/mol. The van der Waals surface area contributed by atoms with Crippen molar-refractivity contribution in [1.29, 1.82) is 5.26 Å². The Hall–Kier alpha value is -0.550. The van der Waals surface area contributed by atoms with Gasteiger partial charge in [-0.2, -0.15) is 5.26 Å². The fraction of sp³-hybridized carbons (Fsp3) is 0.923. The Balaban J connectivity index is 2.05. The summed E-state index contributed by atoms with van der Waals surface area (Å²) in [7, 11) is 0. The largest absolute Gasteiger partial charge is 0.294 e. The van der Waals surface area contributed by atoms with Gasteiger partial charge in [-0.25, -0.2) is 0 Å². The van der Waals surface area contributed by atoms with Crippen LogP contribution in [0, 0.1) is 17.2 Å². The highest BCUT2D eigenvalue weighted by molar-refractivity contribution is 5.05. The highest BCUT2D eigenvalue weighted by Gasteiger charge is 2.45. The van der Waals surface area contributed by atoms with Crippen LogP contribution in [-0.4, -0.2) is 23.0 Å². The Morgan fingerprint density at radius 3 is 2.60 bits per heavy atom. The molecule has 0 N–H and O–H groups in total. The second-order valence-corrected chi connectivity index (χ2v) is 5.58. The molecule has 1 aliphatic heterocycles.